The Hall–Kier alpha value is -1.10. The number of thioether (sulfide) groups is 1. The fourth-order valence-electron chi connectivity index (χ4n) is 0.905. The average Bonchev–Trinajstić information content (AvgIpc) is 2.17. The molecule has 0 radical (unpaired) electrons. The molecule has 1 nitrogen and oxygen atoms in total. The molecule has 0 aromatic heterocycles. The van der Waals surface area contributed by atoms with Crippen LogP contribution in [0.2, 0.25) is 0 Å². The van der Waals surface area contributed by atoms with Gasteiger partial charge in [-0.1, -0.05) is 12.1 Å². The fourth-order valence-corrected chi connectivity index (χ4v) is 1.28. The van der Waals surface area contributed by atoms with E-state index in [2.05, 4.69) is 0 Å². The molecule has 0 bridgehead atoms. The van der Waals surface area contributed by atoms with E-state index in [-0.39, 0.29) is 11.8 Å². The Kier molecular flexibility index (Phi) is 4.08. The monoisotopic (exact) mass is 234 g/mol. The second-order valence-electron chi connectivity index (χ2n) is 2.64. The summed E-state index contributed by atoms with van der Waals surface area (Å²) in [5.74, 6) is 0.677. The number of alkyl halides is 3. The smallest absolute Gasteiger partial charge is 0.445 e. The Morgan fingerprint density at radius 2 is 1.80 bits per heavy atom. The van der Waals surface area contributed by atoms with Crippen molar-refractivity contribution in [1.29, 1.82) is 0 Å². The van der Waals surface area contributed by atoms with Gasteiger partial charge in [0.25, 0.3) is 0 Å². The van der Waals surface area contributed by atoms with Gasteiger partial charge in [0.05, 0.1) is 7.11 Å². The number of ether oxygens (including phenoxy) is 1. The number of methoxy groups -OCH3 is 1. The van der Waals surface area contributed by atoms with Crippen molar-refractivity contribution in [1.82, 2.24) is 0 Å². The van der Waals surface area contributed by atoms with Gasteiger partial charge in [-0.2, -0.15) is 13.2 Å². The molecule has 15 heavy (non-hydrogen) atoms. The topological polar surface area (TPSA) is 9.23 Å². The van der Waals surface area contributed by atoms with Gasteiger partial charge >= 0.3 is 5.51 Å². The minimum atomic E-state index is -4.22. The van der Waals surface area contributed by atoms with E-state index >= 15 is 0 Å². The summed E-state index contributed by atoms with van der Waals surface area (Å²) >= 11 is -0.173. The number of hydrogen-bond donors (Lipinski definition) is 0. The number of rotatable bonds is 3. The molecule has 0 atom stereocenters. The van der Waals surface area contributed by atoms with Gasteiger partial charge in [0.1, 0.15) is 5.75 Å². The zero-order valence-electron chi connectivity index (χ0n) is 7.91. The van der Waals surface area contributed by atoms with Gasteiger partial charge in [-0.3, -0.25) is 0 Å². The summed E-state index contributed by atoms with van der Waals surface area (Å²) in [4.78, 5) is 0. The predicted octanol–water partition coefficient (Wildman–Crippen LogP) is 3.92. The van der Waals surface area contributed by atoms with E-state index in [1.54, 1.807) is 24.3 Å². The molecule has 0 N–H and O–H groups in total. The van der Waals surface area contributed by atoms with Crippen molar-refractivity contribution in [2.45, 2.75) is 5.51 Å². The van der Waals surface area contributed by atoms with Crippen LogP contribution >= 0.6 is 11.8 Å². The van der Waals surface area contributed by atoms with Crippen molar-refractivity contribution >= 4 is 17.8 Å². The van der Waals surface area contributed by atoms with Gasteiger partial charge in [0.2, 0.25) is 0 Å². The van der Waals surface area contributed by atoms with E-state index in [1.807, 2.05) is 0 Å². The standard InChI is InChI=1S/C10H9F3OS/c1-14-9-4-2-8(3-5-9)6-7-15-10(11,12)13/h2-7H,1H3/b7-6+. The zero-order valence-corrected chi connectivity index (χ0v) is 8.73. The quantitative estimate of drug-likeness (QED) is 0.784. The Balaban J connectivity index is 2.57. The first-order valence-electron chi connectivity index (χ1n) is 4.06. The molecule has 0 aliphatic rings. The van der Waals surface area contributed by atoms with Crippen LogP contribution in [0.5, 0.6) is 5.75 Å². The van der Waals surface area contributed by atoms with E-state index < -0.39 is 5.51 Å². The molecule has 1 aromatic carbocycles. The first kappa shape index (κ1) is 12.0. The molecule has 0 aliphatic heterocycles. The molecular weight excluding hydrogens is 225 g/mol. The average molecular weight is 234 g/mol. The van der Waals surface area contributed by atoms with E-state index in [4.69, 9.17) is 4.74 Å². The SMILES string of the molecule is COc1ccc(/C=C/SC(F)(F)F)cc1. The normalized spacial score (nSPS) is 12.0. The summed E-state index contributed by atoms with van der Waals surface area (Å²) in [6.45, 7) is 0. The maximum Gasteiger partial charge on any atom is 0.445 e. The Bertz CT molecular complexity index is 330. The van der Waals surface area contributed by atoms with Gasteiger partial charge in [-0.05, 0) is 40.9 Å². The van der Waals surface area contributed by atoms with Crippen LogP contribution in [-0.4, -0.2) is 12.6 Å². The Morgan fingerprint density at radius 1 is 1.20 bits per heavy atom. The second kappa shape index (κ2) is 5.11. The van der Waals surface area contributed by atoms with Crippen molar-refractivity contribution in [3.63, 3.8) is 0 Å². The van der Waals surface area contributed by atoms with Crippen molar-refractivity contribution in [3.05, 3.63) is 35.2 Å². The minimum absolute atomic E-state index is 0.173. The Labute approximate surface area is 89.9 Å². The zero-order chi connectivity index (χ0) is 11.3. The van der Waals surface area contributed by atoms with Crippen molar-refractivity contribution in [2.75, 3.05) is 7.11 Å². The maximum absolute atomic E-state index is 11.8. The summed E-state index contributed by atoms with van der Waals surface area (Å²) in [7, 11) is 1.53. The third-order valence-electron chi connectivity index (χ3n) is 1.58. The van der Waals surface area contributed by atoms with E-state index in [0.717, 1.165) is 5.41 Å². The maximum atomic E-state index is 11.8. The third-order valence-corrected chi connectivity index (χ3v) is 2.12. The molecule has 0 saturated heterocycles. The second-order valence-corrected chi connectivity index (χ2v) is 3.61. The summed E-state index contributed by atoms with van der Waals surface area (Å²) in [6.07, 6.45) is 1.40. The first-order chi connectivity index (χ1) is 7.01. The highest BCUT2D eigenvalue weighted by molar-refractivity contribution is 8.03. The van der Waals surface area contributed by atoms with Crippen LogP contribution in [0.4, 0.5) is 13.2 Å². The number of benzene rings is 1. The van der Waals surface area contributed by atoms with Crippen LogP contribution in [0.3, 0.4) is 0 Å². The lowest BCUT2D eigenvalue weighted by molar-refractivity contribution is -0.0319. The van der Waals surface area contributed by atoms with E-state index in [9.17, 15) is 13.2 Å². The van der Waals surface area contributed by atoms with Gasteiger partial charge in [-0.25, -0.2) is 0 Å². The first-order valence-corrected chi connectivity index (χ1v) is 4.94. The third kappa shape index (κ3) is 4.78. The van der Waals surface area contributed by atoms with Crippen LogP contribution < -0.4 is 4.74 Å². The molecular formula is C10H9F3OS. The molecule has 0 fully saturated rings. The van der Waals surface area contributed by atoms with Crippen molar-refractivity contribution in [3.8, 4) is 5.75 Å². The van der Waals surface area contributed by atoms with Crippen LogP contribution in [0.1, 0.15) is 5.56 Å². The van der Waals surface area contributed by atoms with Gasteiger partial charge in [-0.15, -0.1) is 0 Å². The summed E-state index contributed by atoms with van der Waals surface area (Å²) in [5.41, 5.74) is -3.52. The summed E-state index contributed by atoms with van der Waals surface area (Å²) in [5, 5.41) is 1.02. The molecule has 0 unspecified atom stereocenters. The molecule has 5 heteroatoms. The molecule has 0 heterocycles. The highest BCUT2D eigenvalue weighted by Crippen LogP contribution is 2.31. The largest absolute Gasteiger partial charge is 0.497 e. The summed E-state index contributed by atoms with van der Waals surface area (Å²) in [6, 6.07) is 6.76. The van der Waals surface area contributed by atoms with Crippen LogP contribution in [0, 0.1) is 0 Å². The van der Waals surface area contributed by atoms with Gasteiger partial charge in [0, 0.05) is 0 Å². The van der Waals surface area contributed by atoms with Gasteiger partial charge < -0.3 is 4.74 Å². The van der Waals surface area contributed by atoms with Crippen LogP contribution in [0.15, 0.2) is 29.7 Å². The van der Waals surface area contributed by atoms with Crippen molar-refractivity contribution < 1.29 is 17.9 Å². The lowest BCUT2D eigenvalue weighted by Gasteiger charge is -2.00. The highest BCUT2D eigenvalue weighted by atomic mass is 32.2. The number of hydrogen-bond acceptors (Lipinski definition) is 2. The fraction of sp³-hybridized carbons (Fsp3) is 0.200. The lowest BCUT2D eigenvalue weighted by atomic mass is 10.2. The van der Waals surface area contributed by atoms with Crippen LogP contribution in [0.25, 0.3) is 6.08 Å². The summed E-state index contributed by atoms with van der Waals surface area (Å²) < 4.78 is 40.2. The molecule has 82 valence electrons. The molecule has 0 saturated carbocycles. The molecule has 1 rings (SSSR count). The molecule has 0 amide bonds. The van der Waals surface area contributed by atoms with Gasteiger partial charge in [0.15, 0.2) is 0 Å². The molecule has 0 aliphatic carbocycles. The van der Waals surface area contributed by atoms with E-state index in [0.29, 0.717) is 11.3 Å². The van der Waals surface area contributed by atoms with Crippen molar-refractivity contribution in [2.24, 2.45) is 0 Å². The number of halogens is 3. The highest BCUT2D eigenvalue weighted by Gasteiger charge is 2.26. The molecule has 0 spiro atoms. The van der Waals surface area contributed by atoms with Crippen LogP contribution in [-0.2, 0) is 0 Å². The minimum Gasteiger partial charge on any atom is -0.497 e. The Morgan fingerprint density at radius 3 is 2.27 bits per heavy atom. The predicted molar refractivity (Wildman–Crippen MR) is 55.7 cm³/mol. The lowest BCUT2D eigenvalue weighted by Crippen LogP contribution is -1.96. The molecule has 1 aromatic rings. The van der Waals surface area contributed by atoms with E-state index in [1.165, 1.54) is 13.2 Å².